The Labute approximate surface area is 90.4 Å². The fourth-order valence-corrected chi connectivity index (χ4v) is 1.83. The Kier molecular flexibility index (Phi) is 3.59. The van der Waals surface area contributed by atoms with Crippen molar-refractivity contribution in [3.63, 3.8) is 0 Å². The summed E-state index contributed by atoms with van der Waals surface area (Å²) >= 11 is 0. The highest BCUT2D eigenvalue weighted by Crippen LogP contribution is 2.14. The van der Waals surface area contributed by atoms with Crippen molar-refractivity contribution in [2.45, 2.75) is 12.5 Å². The Balaban J connectivity index is 1.96. The predicted molar refractivity (Wildman–Crippen MR) is 59.3 cm³/mol. The second-order valence-corrected chi connectivity index (χ2v) is 3.78. The predicted octanol–water partition coefficient (Wildman–Crippen LogP) is 1.23. The van der Waals surface area contributed by atoms with E-state index in [1.54, 1.807) is 7.11 Å². The summed E-state index contributed by atoms with van der Waals surface area (Å²) < 4.78 is 10.6. The van der Waals surface area contributed by atoms with Crippen molar-refractivity contribution in [1.29, 1.82) is 0 Å². The van der Waals surface area contributed by atoms with Crippen molar-refractivity contribution < 1.29 is 9.47 Å². The second-order valence-electron chi connectivity index (χ2n) is 3.78. The van der Waals surface area contributed by atoms with Crippen LogP contribution in [-0.2, 0) is 11.2 Å². The number of hydrogen-bond donors (Lipinski definition) is 1. The molecule has 3 heteroatoms. The minimum atomic E-state index is 0.436. The maximum atomic E-state index is 5.42. The first kappa shape index (κ1) is 10.5. The summed E-state index contributed by atoms with van der Waals surface area (Å²) in [5, 5.41) is 3.44. The van der Waals surface area contributed by atoms with Crippen LogP contribution in [0.25, 0.3) is 0 Å². The Morgan fingerprint density at radius 2 is 2.47 bits per heavy atom. The smallest absolute Gasteiger partial charge is 0.119 e. The molecule has 82 valence electrons. The van der Waals surface area contributed by atoms with Gasteiger partial charge < -0.3 is 14.8 Å². The highest BCUT2D eigenvalue weighted by atomic mass is 16.5. The van der Waals surface area contributed by atoms with Crippen LogP contribution in [0.1, 0.15) is 5.56 Å². The molecule has 1 saturated heterocycles. The summed E-state index contributed by atoms with van der Waals surface area (Å²) in [6.45, 7) is 2.58. The highest BCUT2D eigenvalue weighted by Gasteiger charge is 2.13. The van der Waals surface area contributed by atoms with Crippen LogP contribution in [-0.4, -0.2) is 32.9 Å². The van der Waals surface area contributed by atoms with E-state index in [1.165, 1.54) is 5.56 Å². The zero-order valence-electron chi connectivity index (χ0n) is 9.03. The molecule has 1 heterocycles. The molecule has 0 unspecified atom stereocenters. The number of nitrogens with one attached hydrogen (secondary N) is 1. The minimum Gasteiger partial charge on any atom is -0.497 e. The Bertz CT molecular complexity index is 308. The number of hydrogen-bond acceptors (Lipinski definition) is 3. The first-order valence-electron chi connectivity index (χ1n) is 5.32. The standard InChI is InChI=1S/C12H17NO2/c1-14-12-4-2-3-10(8-12)7-11-9-15-6-5-13-11/h2-4,8,11,13H,5-7,9H2,1H3/t11-/m1/s1. The number of methoxy groups -OCH3 is 1. The molecule has 1 aliphatic rings. The van der Waals surface area contributed by atoms with Crippen molar-refractivity contribution in [2.75, 3.05) is 26.9 Å². The number of ether oxygens (including phenoxy) is 2. The maximum Gasteiger partial charge on any atom is 0.119 e. The Hall–Kier alpha value is -1.06. The fraction of sp³-hybridized carbons (Fsp3) is 0.500. The quantitative estimate of drug-likeness (QED) is 0.808. The van der Waals surface area contributed by atoms with Gasteiger partial charge in [-0.3, -0.25) is 0 Å². The van der Waals surface area contributed by atoms with Gasteiger partial charge >= 0.3 is 0 Å². The van der Waals surface area contributed by atoms with Crippen LogP contribution >= 0.6 is 0 Å². The average Bonchev–Trinajstić information content (AvgIpc) is 2.31. The lowest BCUT2D eigenvalue weighted by Gasteiger charge is -2.23. The van der Waals surface area contributed by atoms with Gasteiger partial charge in [0.1, 0.15) is 5.75 Å². The molecule has 1 N–H and O–H groups in total. The molecule has 2 rings (SSSR count). The van der Waals surface area contributed by atoms with Crippen LogP contribution in [0.3, 0.4) is 0 Å². The van der Waals surface area contributed by atoms with Crippen molar-refractivity contribution in [3.05, 3.63) is 29.8 Å². The Morgan fingerprint density at radius 3 is 3.20 bits per heavy atom. The molecule has 3 nitrogen and oxygen atoms in total. The van der Waals surface area contributed by atoms with Gasteiger partial charge in [0.2, 0.25) is 0 Å². The van der Waals surface area contributed by atoms with E-state index < -0.39 is 0 Å². The number of rotatable bonds is 3. The van der Waals surface area contributed by atoms with Gasteiger partial charge in [0.15, 0.2) is 0 Å². The summed E-state index contributed by atoms with van der Waals surface area (Å²) in [6.07, 6.45) is 0.997. The molecule has 1 aromatic rings. The maximum absolute atomic E-state index is 5.42. The third kappa shape index (κ3) is 2.94. The molecule has 0 aromatic heterocycles. The van der Waals surface area contributed by atoms with Crippen LogP contribution < -0.4 is 10.1 Å². The summed E-state index contributed by atoms with van der Waals surface area (Å²) in [5.74, 6) is 0.921. The molecule has 1 aliphatic heterocycles. The summed E-state index contributed by atoms with van der Waals surface area (Å²) in [6, 6.07) is 8.63. The monoisotopic (exact) mass is 207 g/mol. The van der Waals surface area contributed by atoms with Crippen molar-refractivity contribution in [3.8, 4) is 5.75 Å². The van der Waals surface area contributed by atoms with Gasteiger partial charge in [0.05, 0.1) is 20.3 Å². The first-order chi connectivity index (χ1) is 7.38. The Morgan fingerprint density at radius 1 is 1.53 bits per heavy atom. The molecular weight excluding hydrogens is 190 g/mol. The first-order valence-corrected chi connectivity index (χ1v) is 5.32. The molecule has 0 aliphatic carbocycles. The topological polar surface area (TPSA) is 30.5 Å². The number of morpholine rings is 1. The molecule has 1 aromatic carbocycles. The molecular formula is C12H17NO2. The fourth-order valence-electron chi connectivity index (χ4n) is 1.83. The minimum absolute atomic E-state index is 0.436. The van der Waals surface area contributed by atoms with Gasteiger partial charge in [-0.25, -0.2) is 0 Å². The van der Waals surface area contributed by atoms with Crippen LogP contribution in [0.5, 0.6) is 5.75 Å². The van der Waals surface area contributed by atoms with Crippen molar-refractivity contribution in [1.82, 2.24) is 5.32 Å². The average molecular weight is 207 g/mol. The van der Waals surface area contributed by atoms with Crippen LogP contribution in [0.2, 0.25) is 0 Å². The van der Waals surface area contributed by atoms with Crippen molar-refractivity contribution >= 4 is 0 Å². The van der Waals surface area contributed by atoms with Crippen LogP contribution in [0.4, 0.5) is 0 Å². The number of benzene rings is 1. The van der Waals surface area contributed by atoms with E-state index >= 15 is 0 Å². The van der Waals surface area contributed by atoms with E-state index in [4.69, 9.17) is 9.47 Å². The lowest BCUT2D eigenvalue weighted by atomic mass is 10.1. The largest absolute Gasteiger partial charge is 0.497 e. The third-order valence-corrected chi connectivity index (χ3v) is 2.61. The highest BCUT2D eigenvalue weighted by molar-refractivity contribution is 5.29. The SMILES string of the molecule is COc1cccc(C[C@@H]2COCCN2)c1. The van der Waals surface area contributed by atoms with E-state index in [-0.39, 0.29) is 0 Å². The van der Waals surface area contributed by atoms with Gasteiger partial charge in [-0.15, -0.1) is 0 Å². The summed E-state index contributed by atoms with van der Waals surface area (Å²) in [5.41, 5.74) is 1.29. The zero-order valence-corrected chi connectivity index (χ0v) is 9.03. The molecule has 1 atom stereocenters. The van der Waals surface area contributed by atoms with Gasteiger partial charge in [-0.05, 0) is 24.1 Å². The van der Waals surface area contributed by atoms with E-state index in [0.717, 1.165) is 31.9 Å². The van der Waals surface area contributed by atoms with Gasteiger partial charge in [-0.1, -0.05) is 12.1 Å². The lowest BCUT2D eigenvalue weighted by Crippen LogP contribution is -2.42. The summed E-state index contributed by atoms with van der Waals surface area (Å²) in [7, 11) is 1.70. The normalized spacial score (nSPS) is 21.3. The molecule has 0 spiro atoms. The van der Waals surface area contributed by atoms with Crippen LogP contribution in [0, 0.1) is 0 Å². The van der Waals surface area contributed by atoms with Crippen molar-refractivity contribution in [2.24, 2.45) is 0 Å². The van der Waals surface area contributed by atoms with E-state index in [1.807, 2.05) is 12.1 Å². The van der Waals surface area contributed by atoms with Gasteiger partial charge in [0, 0.05) is 12.6 Å². The molecule has 1 fully saturated rings. The van der Waals surface area contributed by atoms with E-state index in [2.05, 4.69) is 17.4 Å². The molecule has 0 saturated carbocycles. The van der Waals surface area contributed by atoms with E-state index in [0.29, 0.717) is 6.04 Å². The van der Waals surface area contributed by atoms with E-state index in [9.17, 15) is 0 Å². The molecule has 0 bridgehead atoms. The summed E-state index contributed by atoms with van der Waals surface area (Å²) in [4.78, 5) is 0. The van der Waals surface area contributed by atoms with Gasteiger partial charge in [0.25, 0.3) is 0 Å². The molecule has 15 heavy (non-hydrogen) atoms. The van der Waals surface area contributed by atoms with Gasteiger partial charge in [-0.2, -0.15) is 0 Å². The third-order valence-electron chi connectivity index (χ3n) is 2.61. The van der Waals surface area contributed by atoms with Crippen LogP contribution in [0.15, 0.2) is 24.3 Å². The molecule has 0 radical (unpaired) electrons. The lowest BCUT2D eigenvalue weighted by molar-refractivity contribution is 0.0770. The second kappa shape index (κ2) is 5.14. The molecule has 0 amide bonds. The zero-order chi connectivity index (χ0) is 10.5.